The van der Waals surface area contributed by atoms with Gasteiger partial charge in [-0.25, -0.2) is 0 Å². The van der Waals surface area contributed by atoms with Crippen LogP contribution in [-0.4, -0.2) is 86.8 Å². The minimum Gasteiger partial charge on any atom is -0.371 e. The van der Waals surface area contributed by atoms with Crippen LogP contribution in [0.1, 0.15) is 34.5 Å². The highest BCUT2D eigenvalue weighted by molar-refractivity contribution is 5.27. The second-order valence-electron chi connectivity index (χ2n) is 10.7. The lowest BCUT2D eigenvalue weighted by molar-refractivity contribution is -0.292. The maximum Gasteiger partial charge on any atom is 0.416 e. The first-order chi connectivity index (χ1) is 20.8. The zero-order chi connectivity index (χ0) is 33.2. The van der Waals surface area contributed by atoms with Crippen molar-refractivity contribution in [2.75, 3.05) is 52.5 Å². The SMILES string of the molecule is FC(F)(F)c1ccc(C2CN(C[C@H](O[C@@H](CN3CCOC(c4ccc(C(F)(F)F)cc4)C3)C(F)(F)F)C(F)(F)F)CCO2)cc1. The number of morpholine rings is 2. The molecular formula is C28H28F12N2O3. The van der Waals surface area contributed by atoms with Crippen LogP contribution in [-0.2, 0) is 26.6 Å². The van der Waals surface area contributed by atoms with Gasteiger partial charge in [0.15, 0.2) is 12.2 Å². The molecule has 0 aliphatic carbocycles. The summed E-state index contributed by atoms with van der Waals surface area (Å²) in [5.74, 6) is 0. The summed E-state index contributed by atoms with van der Waals surface area (Å²) < 4.78 is 177. The highest BCUT2D eigenvalue weighted by Crippen LogP contribution is 2.35. The van der Waals surface area contributed by atoms with Crippen LogP contribution in [0.2, 0.25) is 0 Å². The standard InChI is InChI=1S/C28H28F12N2O3/c29-25(30,31)19-5-1-17(2-6-19)21-13-41(9-11-43-21)15-23(27(35,36)37)45-24(28(38,39)40)16-42-10-12-44-22(14-42)18-3-7-20(8-4-18)26(32,33)34/h1-8,21-24H,9-16H2/t21?,22?,23-,24-/m0/s1. The van der Waals surface area contributed by atoms with Crippen molar-refractivity contribution in [1.29, 1.82) is 0 Å². The molecule has 2 saturated heterocycles. The van der Waals surface area contributed by atoms with Crippen LogP contribution in [0, 0.1) is 0 Å². The van der Waals surface area contributed by atoms with Crippen LogP contribution < -0.4 is 0 Å². The zero-order valence-electron chi connectivity index (χ0n) is 23.2. The van der Waals surface area contributed by atoms with Gasteiger partial charge in [-0.1, -0.05) is 24.3 Å². The van der Waals surface area contributed by atoms with E-state index in [1.54, 1.807) is 0 Å². The normalized spacial score (nSPS) is 22.8. The van der Waals surface area contributed by atoms with Crippen molar-refractivity contribution in [1.82, 2.24) is 9.80 Å². The molecule has 2 aliphatic heterocycles. The number of hydrogen-bond donors (Lipinski definition) is 0. The number of halogens is 12. The third-order valence-corrected chi connectivity index (χ3v) is 7.43. The average Bonchev–Trinajstić information content (AvgIpc) is 2.95. The molecule has 0 radical (unpaired) electrons. The molecule has 2 aromatic carbocycles. The molecule has 252 valence electrons. The number of benzene rings is 2. The molecule has 2 unspecified atom stereocenters. The predicted molar refractivity (Wildman–Crippen MR) is 134 cm³/mol. The summed E-state index contributed by atoms with van der Waals surface area (Å²) in [4.78, 5) is 2.35. The molecule has 0 N–H and O–H groups in total. The van der Waals surface area contributed by atoms with E-state index in [1.165, 1.54) is 9.80 Å². The Kier molecular flexibility index (Phi) is 10.7. The summed E-state index contributed by atoms with van der Waals surface area (Å²) in [5.41, 5.74) is -1.37. The summed E-state index contributed by atoms with van der Waals surface area (Å²) in [5, 5.41) is 0. The minimum absolute atomic E-state index is 0.0952. The fraction of sp³-hybridized carbons (Fsp3) is 0.571. The minimum atomic E-state index is -5.21. The van der Waals surface area contributed by atoms with Gasteiger partial charge in [0.25, 0.3) is 0 Å². The highest BCUT2D eigenvalue weighted by atomic mass is 19.4. The van der Waals surface area contributed by atoms with Gasteiger partial charge in [-0.2, -0.15) is 52.7 Å². The Bertz CT molecular complexity index is 1130. The fourth-order valence-electron chi connectivity index (χ4n) is 5.03. The first-order valence-electron chi connectivity index (χ1n) is 13.6. The largest absolute Gasteiger partial charge is 0.416 e. The molecule has 4 atom stereocenters. The Balaban J connectivity index is 1.42. The molecule has 0 aromatic heterocycles. The van der Waals surface area contributed by atoms with E-state index in [2.05, 4.69) is 0 Å². The summed E-state index contributed by atoms with van der Waals surface area (Å²) in [6, 6.07) is 7.65. The Morgan fingerprint density at radius 1 is 0.578 bits per heavy atom. The summed E-state index contributed by atoms with van der Waals surface area (Å²) in [7, 11) is 0. The number of hydrogen-bond acceptors (Lipinski definition) is 5. The van der Waals surface area contributed by atoms with E-state index in [1.807, 2.05) is 0 Å². The van der Waals surface area contributed by atoms with Crippen molar-refractivity contribution in [2.24, 2.45) is 0 Å². The van der Waals surface area contributed by atoms with E-state index in [0.29, 0.717) is 0 Å². The monoisotopic (exact) mass is 668 g/mol. The third-order valence-electron chi connectivity index (χ3n) is 7.43. The molecule has 17 heteroatoms. The number of nitrogens with zero attached hydrogens (tertiary/aromatic N) is 2. The fourth-order valence-corrected chi connectivity index (χ4v) is 5.03. The van der Waals surface area contributed by atoms with Gasteiger partial charge in [-0.3, -0.25) is 9.80 Å². The van der Waals surface area contributed by atoms with Gasteiger partial charge in [0.2, 0.25) is 0 Å². The van der Waals surface area contributed by atoms with Gasteiger partial charge in [0.1, 0.15) is 0 Å². The van der Waals surface area contributed by atoms with Crippen molar-refractivity contribution >= 4 is 0 Å². The number of ether oxygens (including phenoxy) is 3. The molecule has 5 nitrogen and oxygen atoms in total. The van der Waals surface area contributed by atoms with Gasteiger partial charge in [-0.05, 0) is 35.4 Å². The lowest BCUT2D eigenvalue weighted by atomic mass is 10.0. The van der Waals surface area contributed by atoms with Crippen LogP contribution in [0.4, 0.5) is 52.7 Å². The van der Waals surface area contributed by atoms with Gasteiger partial charge in [-0.15, -0.1) is 0 Å². The Morgan fingerprint density at radius 3 is 1.20 bits per heavy atom. The van der Waals surface area contributed by atoms with Crippen LogP contribution in [0.3, 0.4) is 0 Å². The Labute approximate surface area is 249 Å². The average molecular weight is 669 g/mol. The van der Waals surface area contributed by atoms with Crippen molar-refractivity contribution in [3.8, 4) is 0 Å². The van der Waals surface area contributed by atoms with Crippen LogP contribution >= 0.6 is 0 Å². The number of rotatable bonds is 8. The summed E-state index contributed by atoms with van der Waals surface area (Å²) >= 11 is 0. The van der Waals surface area contributed by atoms with Crippen molar-refractivity contribution in [3.05, 3.63) is 70.8 Å². The highest BCUT2D eigenvalue weighted by Gasteiger charge is 2.50. The van der Waals surface area contributed by atoms with Crippen LogP contribution in [0.5, 0.6) is 0 Å². The van der Waals surface area contributed by atoms with E-state index in [0.717, 1.165) is 48.5 Å². The van der Waals surface area contributed by atoms with E-state index < -0.39 is 73.3 Å². The lowest BCUT2D eigenvalue weighted by Crippen LogP contribution is -2.53. The molecule has 45 heavy (non-hydrogen) atoms. The van der Waals surface area contributed by atoms with Gasteiger partial charge in [0.05, 0.1) is 36.5 Å². The number of alkyl halides is 12. The second-order valence-corrected chi connectivity index (χ2v) is 10.7. The first kappa shape index (κ1) is 35.3. The van der Waals surface area contributed by atoms with E-state index in [4.69, 9.17) is 14.2 Å². The van der Waals surface area contributed by atoms with Crippen molar-refractivity contribution in [2.45, 2.75) is 49.1 Å². The molecule has 0 saturated carbocycles. The molecule has 2 aliphatic rings. The molecule has 0 spiro atoms. The van der Waals surface area contributed by atoms with Crippen LogP contribution in [0.15, 0.2) is 48.5 Å². The maximum atomic E-state index is 14.0. The van der Waals surface area contributed by atoms with Gasteiger partial charge >= 0.3 is 24.7 Å². The van der Waals surface area contributed by atoms with Gasteiger partial charge < -0.3 is 14.2 Å². The molecule has 0 amide bonds. The molecule has 4 rings (SSSR count). The van der Waals surface area contributed by atoms with Crippen molar-refractivity contribution < 1.29 is 66.9 Å². The lowest BCUT2D eigenvalue weighted by Gasteiger charge is -2.39. The molecule has 2 heterocycles. The molecular weight excluding hydrogens is 640 g/mol. The smallest absolute Gasteiger partial charge is 0.371 e. The first-order valence-corrected chi connectivity index (χ1v) is 13.6. The van der Waals surface area contributed by atoms with Crippen LogP contribution in [0.25, 0.3) is 0 Å². The Morgan fingerprint density at radius 2 is 0.911 bits per heavy atom. The summed E-state index contributed by atoms with van der Waals surface area (Å²) in [6.07, 6.45) is -27.2. The topological polar surface area (TPSA) is 34.2 Å². The molecule has 2 fully saturated rings. The molecule has 2 aromatic rings. The Hall–Kier alpha value is -2.60. The predicted octanol–water partition coefficient (Wildman–Crippen LogP) is 7.05. The maximum absolute atomic E-state index is 14.0. The zero-order valence-corrected chi connectivity index (χ0v) is 23.2. The van der Waals surface area contributed by atoms with E-state index >= 15 is 0 Å². The van der Waals surface area contributed by atoms with E-state index in [9.17, 15) is 52.7 Å². The molecule has 0 bridgehead atoms. The van der Waals surface area contributed by atoms with E-state index in [-0.39, 0.29) is 50.5 Å². The summed E-state index contributed by atoms with van der Waals surface area (Å²) in [6.45, 7) is -2.91. The van der Waals surface area contributed by atoms with Crippen molar-refractivity contribution in [3.63, 3.8) is 0 Å². The second kappa shape index (κ2) is 13.6. The quantitative estimate of drug-likeness (QED) is 0.282. The third kappa shape index (κ3) is 9.70. The van der Waals surface area contributed by atoms with Gasteiger partial charge in [0, 0.05) is 39.3 Å².